The molecule has 10 heteroatoms. The molecule has 1 amide bonds. The predicted octanol–water partition coefficient (Wildman–Crippen LogP) is 3.37. The van der Waals surface area contributed by atoms with E-state index >= 15 is 0 Å². The van der Waals surface area contributed by atoms with Crippen molar-refractivity contribution >= 4 is 29.2 Å². The first kappa shape index (κ1) is 23.8. The second-order valence-corrected chi connectivity index (χ2v) is 11.7. The lowest BCUT2D eigenvalue weighted by molar-refractivity contribution is -0.172. The minimum absolute atomic E-state index is 0.0134. The van der Waals surface area contributed by atoms with Gasteiger partial charge in [-0.25, -0.2) is 4.79 Å². The molecule has 0 aromatic heterocycles. The highest BCUT2D eigenvalue weighted by atomic mass is 35.5. The molecular weight excluding hydrogens is 512 g/mol. The fourth-order valence-electron chi connectivity index (χ4n) is 7.32. The van der Waals surface area contributed by atoms with Gasteiger partial charge in [0.15, 0.2) is 17.6 Å². The number of carbonyl (C=O) groups excluding carboxylic acids is 1. The number of phenols is 1. The third-order valence-electron chi connectivity index (χ3n) is 9.26. The van der Waals surface area contributed by atoms with Crippen LogP contribution in [0.15, 0.2) is 41.7 Å². The van der Waals surface area contributed by atoms with Crippen LogP contribution in [0.25, 0.3) is 0 Å². The Morgan fingerprint density at radius 2 is 1.97 bits per heavy atom. The molecule has 1 saturated carbocycles. The molecule has 2 heterocycles. The Balaban J connectivity index is 1.32. The number of hydrogen-bond acceptors (Lipinski definition) is 7. The maximum atomic E-state index is 13.5. The molecule has 2 aromatic carbocycles. The number of aliphatic hydroxyl groups excluding tert-OH is 1. The van der Waals surface area contributed by atoms with Crippen LogP contribution in [-0.2, 0) is 16.6 Å². The minimum Gasteiger partial charge on any atom is -0.508 e. The number of amides is 1. The van der Waals surface area contributed by atoms with Gasteiger partial charge in [0.05, 0.1) is 32.9 Å². The number of rotatable bonds is 5. The minimum atomic E-state index is -1.42. The lowest BCUT2D eigenvalue weighted by atomic mass is 9.49. The predicted molar refractivity (Wildman–Crippen MR) is 137 cm³/mol. The largest absolute Gasteiger partial charge is 0.508 e. The first-order valence-electron chi connectivity index (χ1n) is 12.9. The van der Waals surface area contributed by atoms with Crippen LogP contribution in [0, 0.1) is 5.92 Å². The molecule has 2 bridgehead atoms. The molecule has 7 rings (SSSR count). The number of aromatic carboxylic acids is 1. The molecule has 0 radical (unpaired) electrons. The van der Waals surface area contributed by atoms with E-state index in [2.05, 4.69) is 10.2 Å². The van der Waals surface area contributed by atoms with Gasteiger partial charge in [0.2, 0.25) is 0 Å². The smallest absolute Gasteiger partial charge is 0.335 e. The lowest BCUT2D eigenvalue weighted by Gasteiger charge is -2.62. The van der Waals surface area contributed by atoms with Gasteiger partial charge in [0, 0.05) is 24.6 Å². The molecule has 3 aliphatic carbocycles. The van der Waals surface area contributed by atoms with Crippen molar-refractivity contribution in [3.05, 3.63) is 63.4 Å². The van der Waals surface area contributed by atoms with Crippen molar-refractivity contribution in [1.29, 1.82) is 0 Å². The number of benzene rings is 2. The molecule has 198 valence electrons. The first-order chi connectivity index (χ1) is 18.1. The molecule has 2 aliphatic heterocycles. The van der Waals surface area contributed by atoms with Gasteiger partial charge in [-0.05, 0) is 68.0 Å². The van der Waals surface area contributed by atoms with E-state index in [1.165, 1.54) is 31.0 Å². The van der Waals surface area contributed by atoms with Crippen molar-refractivity contribution in [1.82, 2.24) is 4.90 Å². The molecule has 0 unspecified atom stereocenters. The highest BCUT2D eigenvalue weighted by Gasteiger charge is 2.73. The number of hydrogen-bond donors (Lipinski definition) is 5. The molecule has 2 fully saturated rings. The Morgan fingerprint density at radius 3 is 2.68 bits per heavy atom. The third kappa shape index (κ3) is 3.06. The average Bonchev–Trinajstić information content (AvgIpc) is 3.62. The summed E-state index contributed by atoms with van der Waals surface area (Å²) >= 11 is 6.24. The van der Waals surface area contributed by atoms with E-state index in [4.69, 9.17) is 16.3 Å². The number of carboxylic acids is 1. The topological polar surface area (TPSA) is 140 Å². The van der Waals surface area contributed by atoms with Gasteiger partial charge in [0.25, 0.3) is 5.91 Å². The number of aromatic hydroxyl groups is 1. The van der Waals surface area contributed by atoms with Gasteiger partial charge in [-0.2, -0.15) is 0 Å². The molecular formula is C28H27ClN2O7. The molecule has 4 atom stereocenters. The van der Waals surface area contributed by atoms with E-state index in [-0.39, 0.29) is 51.6 Å². The van der Waals surface area contributed by atoms with Crippen molar-refractivity contribution in [2.75, 3.05) is 18.4 Å². The highest BCUT2D eigenvalue weighted by molar-refractivity contribution is 6.34. The van der Waals surface area contributed by atoms with E-state index in [0.717, 1.165) is 24.2 Å². The van der Waals surface area contributed by atoms with Crippen LogP contribution in [0.5, 0.6) is 11.5 Å². The van der Waals surface area contributed by atoms with Crippen molar-refractivity contribution < 1.29 is 34.8 Å². The monoisotopic (exact) mass is 538 g/mol. The van der Waals surface area contributed by atoms with Gasteiger partial charge in [-0.15, -0.1) is 0 Å². The van der Waals surface area contributed by atoms with Crippen molar-refractivity contribution in [3.8, 4) is 11.5 Å². The van der Waals surface area contributed by atoms with E-state index in [9.17, 15) is 30.0 Å². The second kappa shape index (κ2) is 7.88. The van der Waals surface area contributed by atoms with Gasteiger partial charge in [-0.1, -0.05) is 17.7 Å². The van der Waals surface area contributed by atoms with Gasteiger partial charge in [0.1, 0.15) is 5.76 Å². The lowest BCUT2D eigenvalue weighted by Crippen LogP contribution is -2.75. The molecule has 2 aromatic rings. The molecule has 5 aliphatic rings. The number of nitrogens with one attached hydrogen (secondary N) is 1. The first-order valence-corrected chi connectivity index (χ1v) is 13.3. The van der Waals surface area contributed by atoms with Crippen molar-refractivity contribution in [3.63, 3.8) is 0 Å². The van der Waals surface area contributed by atoms with Crippen LogP contribution in [-0.4, -0.2) is 68.0 Å². The number of anilines is 1. The van der Waals surface area contributed by atoms with Crippen molar-refractivity contribution in [2.24, 2.45) is 5.92 Å². The van der Waals surface area contributed by atoms with Crippen LogP contribution in [0.4, 0.5) is 5.69 Å². The van der Waals surface area contributed by atoms with E-state index < -0.39 is 29.0 Å². The zero-order chi connectivity index (χ0) is 26.6. The SMILES string of the molecule is O=C(Nc1ccc(C(=O)O)cc1Cl)C1=C(O)[C@@H]2Oc3c(O)ccc4c3[C@@]23CCN(CC2CC2)[C@H](C4)[C@]3(O)C1. The Hall–Kier alpha value is -3.27. The maximum Gasteiger partial charge on any atom is 0.335 e. The number of carbonyl (C=O) groups is 2. The van der Waals surface area contributed by atoms with Crippen LogP contribution in [0.2, 0.25) is 5.02 Å². The average molecular weight is 539 g/mol. The summed E-state index contributed by atoms with van der Waals surface area (Å²) in [5, 5.41) is 46.7. The van der Waals surface area contributed by atoms with Crippen LogP contribution < -0.4 is 10.1 Å². The maximum absolute atomic E-state index is 13.5. The summed E-state index contributed by atoms with van der Waals surface area (Å²) in [6.45, 7) is 1.59. The van der Waals surface area contributed by atoms with Crippen molar-refractivity contribution in [2.45, 2.75) is 55.3 Å². The summed E-state index contributed by atoms with van der Waals surface area (Å²) in [4.78, 5) is 27.1. The molecule has 1 spiro atoms. The van der Waals surface area contributed by atoms with E-state index in [1.807, 2.05) is 6.07 Å². The second-order valence-electron chi connectivity index (χ2n) is 11.2. The molecule has 9 nitrogen and oxygen atoms in total. The Bertz CT molecular complexity index is 1450. The Labute approximate surface area is 223 Å². The standard InChI is InChI=1S/C28H27ClN2O7/c29-17-9-15(26(35)36)3-5-18(17)30-25(34)16-11-28(37)20-10-14-4-6-19(32)23-21(14)27(28,24(38-23)22(16)33)7-8-31(20)12-13-1-2-13/h3-6,9,13,20,24,32-33,37H,1-2,7-8,10-12H2,(H,30,34)(H,35,36)/t20-,24+,27+,28-/m1/s1. The van der Waals surface area contributed by atoms with Gasteiger partial charge >= 0.3 is 5.97 Å². The number of phenolic OH excluding ortho intramolecular Hbond substituents is 1. The number of halogens is 1. The number of piperidine rings is 1. The Morgan fingerprint density at radius 1 is 1.18 bits per heavy atom. The van der Waals surface area contributed by atoms with Crippen LogP contribution >= 0.6 is 11.6 Å². The number of carboxylic acid groups (broad SMARTS) is 1. The summed E-state index contributed by atoms with van der Waals surface area (Å²) in [5.74, 6) is -1.27. The van der Waals surface area contributed by atoms with E-state index in [1.54, 1.807) is 6.07 Å². The fraction of sp³-hybridized carbons (Fsp3) is 0.429. The normalized spacial score (nSPS) is 31.0. The summed E-state index contributed by atoms with van der Waals surface area (Å²) in [7, 11) is 0. The van der Waals surface area contributed by atoms with Crippen LogP contribution in [0.3, 0.4) is 0 Å². The van der Waals surface area contributed by atoms with Gasteiger partial charge in [-0.3, -0.25) is 9.69 Å². The third-order valence-corrected chi connectivity index (χ3v) is 9.57. The summed E-state index contributed by atoms with van der Waals surface area (Å²) < 4.78 is 6.20. The van der Waals surface area contributed by atoms with E-state index in [0.29, 0.717) is 18.8 Å². The molecule has 38 heavy (non-hydrogen) atoms. The fourth-order valence-corrected chi connectivity index (χ4v) is 7.54. The number of nitrogens with zero attached hydrogens (tertiary/aromatic N) is 1. The summed E-state index contributed by atoms with van der Waals surface area (Å²) in [6, 6.07) is 7.12. The number of likely N-dealkylation sites (tertiary alicyclic amines) is 1. The molecule has 1 saturated heterocycles. The highest BCUT2D eigenvalue weighted by Crippen LogP contribution is 2.66. The summed E-state index contributed by atoms with van der Waals surface area (Å²) in [5.41, 5.74) is -0.542. The zero-order valence-corrected chi connectivity index (χ0v) is 21.2. The van der Waals surface area contributed by atoms with Gasteiger partial charge < -0.3 is 30.5 Å². The zero-order valence-electron chi connectivity index (χ0n) is 20.4. The van der Waals surface area contributed by atoms with Crippen LogP contribution in [0.1, 0.15) is 47.2 Å². The number of aliphatic hydroxyl groups is 2. The molecule has 5 N–H and O–H groups in total. The Kier molecular flexibility index (Phi) is 4.94. The summed E-state index contributed by atoms with van der Waals surface area (Å²) in [6.07, 6.45) is 2.27. The quantitative estimate of drug-likeness (QED) is 0.390. The number of ether oxygens (including phenoxy) is 1.